The monoisotopic (exact) mass is 197 g/mol. The number of nitrogens with zero attached hydrogens (tertiary/aromatic N) is 1. The highest BCUT2D eigenvalue weighted by Gasteiger charge is 2.25. The second-order valence-corrected chi connectivity index (χ2v) is 3.32. The van der Waals surface area contributed by atoms with E-state index in [1.54, 1.807) is 4.90 Å². The lowest BCUT2D eigenvalue weighted by Crippen LogP contribution is -2.44. The van der Waals surface area contributed by atoms with E-state index in [1.165, 1.54) is 6.20 Å². The lowest BCUT2D eigenvalue weighted by atomic mass is 9.96. The van der Waals surface area contributed by atoms with E-state index < -0.39 is 0 Å². The molecule has 5 heteroatoms. The molecule has 5 nitrogen and oxygen atoms in total. The van der Waals surface area contributed by atoms with Crippen molar-refractivity contribution in [1.82, 2.24) is 10.2 Å². The summed E-state index contributed by atoms with van der Waals surface area (Å²) < 4.78 is 0. The standard InChI is InChI=1S/C9H15N3O2/c1-2-11-9(14)12-5-3-7(4-6-12)8(10)13/h2,7H,1,3-6H2,(H2,10,13)(H,11,14). The van der Waals surface area contributed by atoms with Gasteiger partial charge in [0, 0.05) is 19.0 Å². The minimum Gasteiger partial charge on any atom is -0.369 e. The zero-order chi connectivity index (χ0) is 10.6. The van der Waals surface area contributed by atoms with E-state index in [2.05, 4.69) is 11.9 Å². The molecule has 1 aliphatic heterocycles. The molecular weight excluding hydrogens is 182 g/mol. The van der Waals surface area contributed by atoms with Gasteiger partial charge in [-0.25, -0.2) is 4.79 Å². The molecule has 1 saturated heterocycles. The SMILES string of the molecule is C=CNC(=O)N1CCC(C(N)=O)CC1. The second-order valence-electron chi connectivity index (χ2n) is 3.32. The molecule has 3 amide bonds. The van der Waals surface area contributed by atoms with Crippen molar-refractivity contribution in [3.63, 3.8) is 0 Å². The number of rotatable bonds is 2. The quantitative estimate of drug-likeness (QED) is 0.655. The van der Waals surface area contributed by atoms with Gasteiger partial charge in [-0.2, -0.15) is 0 Å². The molecule has 0 aromatic carbocycles. The lowest BCUT2D eigenvalue weighted by molar-refractivity contribution is -0.122. The molecule has 0 aliphatic carbocycles. The Balaban J connectivity index is 2.38. The van der Waals surface area contributed by atoms with Crippen molar-refractivity contribution in [2.45, 2.75) is 12.8 Å². The van der Waals surface area contributed by atoms with Gasteiger partial charge in [-0.05, 0) is 19.0 Å². The average Bonchev–Trinajstić information content (AvgIpc) is 2.18. The van der Waals surface area contributed by atoms with Crippen molar-refractivity contribution >= 4 is 11.9 Å². The molecular formula is C9H15N3O2. The van der Waals surface area contributed by atoms with Gasteiger partial charge in [0.15, 0.2) is 0 Å². The normalized spacial score (nSPS) is 17.6. The molecule has 1 fully saturated rings. The van der Waals surface area contributed by atoms with Crippen molar-refractivity contribution in [3.8, 4) is 0 Å². The maximum absolute atomic E-state index is 11.3. The van der Waals surface area contributed by atoms with Crippen molar-refractivity contribution in [1.29, 1.82) is 0 Å². The van der Waals surface area contributed by atoms with E-state index in [9.17, 15) is 9.59 Å². The highest BCUT2D eigenvalue weighted by molar-refractivity contribution is 5.78. The van der Waals surface area contributed by atoms with Gasteiger partial charge in [0.25, 0.3) is 0 Å². The van der Waals surface area contributed by atoms with Gasteiger partial charge in [-0.15, -0.1) is 0 Å². The fourth-order valence-corrected chi connectivity index (χ4v) is 1.55. The predicted octanol–water partition coefficient (Wildman–Crippen LogP) is 0.0368. The maximum atomic E-state index is 11.3. The lowest BCUT2D eigenvalue weighted by Gasteiger charge is -2.30. The van der Waals surface area contributed by atoms with Gasteiger partial charge >= 0.3 is 6.03 Å². The summed E-state index contributed by atoms with van der Waals surface area (Å²) in [5.74, 6) is -0.350. The van der Waals surface area contributed by atoms with Crippen LogP contribution < -0.4 is 11.1 Å². The van der Waals surface area contributed by atoms with Crippen LogP contribution in [0.3, 0.4) is 0 Å². The highest BCUT2D eigenvalue weighted by atomic mass is 16.2. The molecule has 0 aromatic heterocycles. The summed E-state index contributed by atoms with van der Waals surface area (Å²) in [5, 5.41) is 2.49. The van der Waals surface area contributed by atoms with Crippen LogP contribution in [-0.2, 0) is 4.79 Å². The molecule has 0 unspecified atom stereocenters. The first kappa shape index (κ1) is 10.6. The molecule has 0 spiro atoms. The van der Waals surface area contributed by atoms with Gasteiger partial charge < -0.3 is 16.0 Å². The number of likely N-dealkylation sites (tertiary alicyclic amines) is 1. The predicted molar refractivity (Wildman–Crippen MR) is 52.2 cm³/mol. The van der Waals surface area contributed by atoms with Crippen LogP contribution in [0.2, 0.25) is 0 Å². The molecule has 0 bridgehead atoms. The molecule has 0 radical (unpaired) electrons. The van der Waals surface area contributed by atoms with Crippen LogP contribution in [0.1, 0.15) is 12.8 Å². The Morgan fingerprint density at radius 3 is 2.43 bits per heavy atom. The number of hydrogen-bond donors (Lipinski definition) is 2. The van der Waals surface area contributed by atoms with Crippen LogP contribution >= 0.6 is 0 Å². The van der Waals surface area contributed by atoms with Gasteiger partial charge in [-0.3, -0.25) is 4.79 Å². The summed E-state index contributed by atoms with van der Waals surface area (Å²) in [6.07, 6.45) is 2.66. The molecule has 1 heterocycles. The van der Waals surface area contributed by atoms with E-state index in [4.69, 9.17) is 5.73 Å². The average molecular weight is 197 g/mol. The Bertz CT molecular complexity index is 244. The molecule has 1 aliphatic rings. The summed E-state index contributed by atoms with van der Waals surface area (Å²) in [7, 11) is 0. The minimum atomic E-state index is -0.270. The summed E-state index contributed by atoms with van der Waals surface area (Å²) in [6.45, 7) is 4.56. The summed E-state index contributed by atoms with van der Waals surface area (Å²) in [6, 6.07) is -0.164. The van der Waals surface area contributed by atoms with Gasteiger partial charge in [0.2, 0.25) is 5.91 Å². The van der Waals surface area contributed by atoms with Gasteiger partial charge in [0.1, 0.15) is 0 Å². The summed E-state index contributed by atoms with van der Waals surface area (Å²) >= 11 is 0. The first-order valence-corrected chi connectivity index (χ1v) is 4.61. The Morgan fingerprint density at radius 2 is 2.00 bits per heavy atom. The minimum absolute atomic E-state index is 0.0808. The van der Waals surface area contributed by atoms with Crippen molar-refractivity contribution in [2.75, 3.05) is 13.1 Å². The van der Waals surface area contributed by atoms with Gasteiger partial charge in [0.05, 0.1) is 0 Å². The number of carbonyl (C=O) groups excluding carboxylic acids is 2. The van der Waals surface area contributed by atoms with Crippen LogP contribution in [-0.4, -0.2) is 29.9 Å². The van der Waals surface area contributed by atoms with E-state index in [0.717, 1.165) is 0 Å². The number of primary amides is 1. The second kappa shape index (κ2) is 4.64. The Labute approximate surface area is 82.9 Å². The number of nitrogens with two attached hydrogens (primary N) is 1. The van der Waals surface area contributed by atoms with E-state index in [-0.39, 0.29) is 17.9 Å². The molecule has 78 valence electrons. The largest absolute Gasteiger partial charge is 0.369 e. The first-order chi connectivity index (χ1) is 6.65. The number of urea groups is 1. The maximum Gasteiger partial charge on any atom is 0.321 e. The molecule has 14 heavy (non-hydrogen) atoms. The Hall–Kier alpha value is -1.52. The third-order valence-electron chi connectivity index (χ3n) is 2.41. The zero-order valence-corrected chi connectivity index (χ0v) is 8.03. The third-order valence-corrected chi connectivity index (χ3v) is 2.41. The summed E-state index contributed by atoms with van der Waals surface area (Å²) in [4.78, 5) is 23.8. The third kappa shape index (κ3) is 2.48. The summed E-state index contributed by atoms with van der Waals surface area (Å²) in [5.41, 5.74) is 5.17. The van der Waals surface area contributed by atoms with Crippen molar-refractivity contribution < 1.29 is 9.59 Å². The van der Waals surface area contributed by atoms with Crippen LogP contribution in [0.4, 0.5) is 4.79 Å². The molecule has 0 saturated carbocycles. The van der Waals surface area contributed by atoms with Crippen LogP contribution in [0.25, 0.3) is 0 Å². The number of piperidine rings is 1. The number of hydrogen-bond acceptors (Lipinski definition) is 2. The molecule has 0 aromatic rings. The van der Waals surface area contributed by atoms with E-state index >= 15 is 0 Å². The van der Waals surface area contributed by atoms with E-state index in [0.29, 0.717) is 25.9 Å². The smallest absolute Gasteiger partial charge is 0.321 e. The van der Waals surface area contributed by atoms with Crippen LogP contribution in [0, 0.1) is 5.92 Å². The Kier molecular flexibility index (Phi) is 3.50. The topological polar surface area (TPSA) is 75.4 Å². The fourth-order valence-electron chi connectivity index (χ4n) is 1.55. The molecule has 1 rings (SSSR count). The van der Waals surface area contributed by atoms with Crippen LogP contribution in [0.15, 0.2) is 12.8 Å². The van der Waals surface area contributed by atoms with Crippen molar-refractivity contribution in [2.24, 2.45) is 11.7 Å². The number of carbonyl (C=O) groups is 2. The number of nitrogens with one attached hydrogen (secondary N) is 1. The van der Waals surface area contributed by atoms with Gasteiger partial charge in [-0.1, -0.05) is 6.58 Å². The fraction of sp³-hybridized carbons (Fsp3) is 0.556. The number of amides is 3. The van der Waals surface area contributed by atoms with Crippen molar-refractivity contribution in [3.05, 3.63) is 12.8 Å². The Morgan fingerprint density at radius 1 is 1.43 bits per heavy atom. The molecule has 3 N–H and O–H groups in total. The highest BCUT2D eigenvalue weighted by Crippen LogP contribution is 2.16. The molecule has 0 atom stereocenters. The van der Waals surface area contributed by atoms with Crippen LogP contribution in [0.5, 0.6) is 0 Å². The zero-order valence-electron chi connectivity index (χ0n) is 8.03. The first-order valence-electron chi connectivity index (χ1n) is 4.61. The van der Waals surface area contributed by atoms with E-state index in [1.807, 2.05) is 0 Å².